The Hall–Kier alpha value is -1.04. The third kappa shape index (κ3) is 3.43. The van der Waals surface area contributed by atoms with Gasteiger partial charge in [-0.15, -0.1) is 0 Å². The number of halogens is 2. The summed E-state index contributed by atoms with van der Waals surface area (Å²) >= 11 is 12.3. The lowest BCUT2D eigenvalue weighted by Crippen LogP contribution is -2.41. The van der Waals surface area contributed by atoms with Gasteiger partial charge in [0.05, 0.1) is 21.2 Å². The topological polar surface area (TPSA) is 30.5 Å². The molecule has 0 saturated carbocycles. The summed E-state index contributed by atoms with van der Waals surface area (Å²) in [5.74, 6) is 0.246. The van der Waals surface area contributed by atoms with E-state index in [0.717, 1.165) is 18.6 Å². The highest BCUT2D eigenvalue weighted by Crippen LogP contribution is 2.37. The number of fused-ring (bicyclic) bond motifs is 1. The summed E-state index contributed by atoms with van der Waals surface area (Å²) in [6, 6.07) is 12.4. The molecule has 142 valence electrons. The fourth-order valence-electron chi connectivity index (χ4n) is 3.73. The fourth-order valence-corrected chi connectivity index (χ4v) is 4.04. The largest absolute Gasteiger partial charge is 0.494 e. The average molecular weight is 404 g/mol. The molecule has 2 aromatic carbocycles. The molecular weight excluding hydrogens is 380 g/mol. The van der Waals surface area contributed by atoms with Crippen molar-refractivity contribution < 1.29 is 9.31 Å². The normalized spacial score (nSPS) is 23.3. The quantitative estimate of drug-likeness (QED) is 0.747. The lowest BCUT2D eigenvalue weighted by atomic mass is 9.75. The first-order chi connectivity index (χ1) is 12.7. The molecule has 2 heterocycles. The number of nitrogens with one attached hydrogen (secondary N) is 1. The Kier molecular flexibility index (Phi) is 4.85. The van der Waals surface area contributed by atoms with Crippen LogP contribution in [0.2, 0.25) is 10.0 Å². The summed E-state index contributed by atoms with van der Waals surface area (Å²) in [5.41, 5.74) is 4.13. The molecule has 0 radical (unpaired) electrons. The van der Waals surface area contributed by atoms with Gasteiger partial charge in [-0.25, -0.2) is 0 Å². The number of rotatable bonds is 2. The van der Waals surface area contributed by atoms with Crippen molar-refractivity contribution in [3.05, 3.63) is 63.1 Å². The molecule has 1 atom stereocenters. The lowest BCUT2D eigenvalue weighted by Gasteiger charge is -2.32. The van der Waals surface area contributed by atoms with Crippen molar-refractivity contribution in [2.45, 2.75) is 51.4 Å². The third-order valence-corrected chi connectivity index (χ3v) is 6.82. The van der Waals surface area contributed by atoms with Gasteiger partial charge in [0.25, 0.3) is 0 Å². The van der Waals surface area contributed by atoms with Crippen LogP contribution in [-0.2, 0) is 15.9 Å². The van der Waals surface area contributed by atoms with Crippen LogP contribution < -0.4 is 10.8 Å². The van der Waals surface area contributed by atoms with Crippen LogP contribution >= 0.6 is 23.2 Å². The summed E-state index contributed by atoms with van der Waals surface area (Å²) < 4.78 is 12.4. The predicted molar refractivity (Wildman–Crippen MR) is 112 cm³/mol. The molecule has 2 aromatic rings. The highest BCUT2D eigenvalue weighted by molar-refractivity contribution is 6.62. The summed E-state index contributed by atoms with van der Waals surface area (Å²) in [6.07, 6.45) is 0. The van der Waals surface area contributed by atoms with E-state index in [-0.39, 0.29) is 24.2 Å². The summed E-state index contributed by atoms with van der Waals surface area (Å²) in [5, 5.41) is 4.69. The Morgan fingerprint density at radius 3 is 2.33 bits per heavy atom. The molecule has 1 N–H and O–H groups in total. The van der Waals surface area contributed by atoms with Crippen molar-refractivity contribution in [2.24, 2.45) is 0 Å². The Labute approximate surface area is 171 Å². The molecule has 4 rings (SSSR count). The van der Waals surface area contributed by atoms with Crippen LogP contribution in [-0.4, -0.2) is 24.9 Å². The minimum Gasteiger partial charge on any atom is -0.399 e. The van der Waals surface area contributed by atoms with Crippen LogP contribution in [0, 0.1) is 0 Å². The number of benzene rings is 2. The first kappa shape index (κ1) is 19.3. The molecule has 0 aromatic heterocycles. The lowest BCUT2D eigenvalue weighted by molar-refractivity contribution is 0.00578. The van der Waals surface area contributed by atoms with E-state index in [1.807, 2.05) is 12.1 Å². The molecule has 0 amide bonds. The SMILES string of the molecule is CC1(C)OB(c2ccc3c(c2)CNCC3c2ccc(Cl)c(Cl)c2)OC1(C)C. The van der Waals surface area contributed by atoms with E-state index >= 15 is 0 Å². The Balaban J connectivity index is 1.66. The van der Waals surface area contributed by atoms with Gasteiger partial charge in [-0.05, 0) is 62.0 Å². The Morgan fingerprint density at radius 2 is 1.67 bits per heavy atom. The predicted octanol–water partition coefficient (Wildman–Crippen LogP) is 4.53. The standard InChI is InChI=1S/C21H24BCl2NO2/c1-20(2)21(3,4)27-22(26-20)15-6-7-16-14(9-15)11-25-12-17(16)13-5-8-18(23)19(24)10-13/h5-10,17,25H,11-12H2,1-4H3. The molecule has 2 aliphatic rings. The van der Waals surface area contributed by atoms with E-state index in [1.54, 1.807) is 0 Å². The number of hydrogen-bond acceptors (Lipinski definition) is 3. The van der Waals surface area contributed by atoms with Crippen molar-refractivity contribution >= 4 is 35.8 Å². The molecule has 1 fully saturated rings. The molecule has 0 spiro atoms. The van der Waals surface area contributed by atoms with Crippen LogP contribution in [0.5, 0.6) is 0 Å². The van der Waals surface area contributed by atoms with E-state index in [4.69, 9.17) is 32.5 Å². The minimum atomic E-state index is -0.342. The maximum absolute atomic E-state index is 6.24. The molecule has 0 bridgehead atoms. The summed E-state index contributed by atoms with van der Waals surface area (Å²) in [4.78, 5) is 0. The highest BCUT2D eigenvalue weighted by Gasteiger charge is 2.51. The maximum Gasteiger partial charge on any atom is 0.494 e. The molecule has 6 heteroatoms. The summed E-state index contributed by atoms with van der Waals surface area (Å²) in [7, 11) is -0.342. The Bertz CT molecular complexity index is 868. The molecule has 2 aliphatic heterocycles. The zero-order valence-electron chi connectivity index (χ0n) is 16.1. The van der Waals surface area contributed by atoms with Crippen LogP contribution in [0.25, 0.3) is 0 Å². The van der Waals surface area contributed by atoms with Crippen molar-refractivity contribution in [3.8, 4) is 0 Å². The highest BCUT2D eigenvalue weighted by atomic mass is 35.5. The number of hydrogen-bond donors (Lipinski definition) is 1. The zero-order chi connectivity index (χ0) is 19.4. The van der Waals surface area contributed by atoms with E-state index in [9.17, 15) is 0 Å². The molecule has 1 unspecified atom stereocenters. The van der Waals surface area contributed by atoms with Gasteiger partial charge in [0.2, 0.25) is 0 Å². The maximum atomic E-state index is 6.24. The molecule has 3 nitrogen and oxygen atoms in total. The smallest absolute Gasteiger partial charge is 0.399 e. The third-order valence-electron chi connectivity index (χ3n) is 6.08. The first-order valence-corrected chi connectivity index (χ1v) is 10.1. The van der Waals surface area contributed by atoms with Gasteiger partial charge in [0, 0.05) is 19.0 Å². The fraction of sp³-hybridized carbons (Fsp3) is 0.429. The molecule has 27 heavy (non-hydrogen) atoms. The van der Waals surface area contributed by atoms with Crippen LogP contribution in [0.1, 0.15) is 50.3 Å². The first-order valence-electron chi connectivity index (χ1n) is 9.32. The minimum absolute atomic E-state index is 0.246. The van der Waals surface area contributed by atoms with Gasteiger partial charge in [-0.2, -0.15) is 0 Å². The van der Waals surface area contributed by atoms with Gasteiger partial charge >= 0.3 is 7.12 Å². The van der Waals surface area contributed by atoms with Gasteiger partial charge in [0.15, 0.2) is 0 Å². The van der Waals surface area contributed by atoms with Crippen LogP contribution in [0.4, 0.5) is 0 Å². The molecular formula is C21H24BCl2NO2. The Morgan fingerprint density at radius 1 is 0.963 bits per heavy atom. The van der Waals surface area contributed by atoms with Crippen LogP contribution in [0.15, 0.2) is 36.4 Å². The van der Waals surface area contributed by atoms with E-state index in [2.05, 4.69) is 57.3 Å². The summed E-state index contributed by atoms with van der Waals surface area (Å²) in [6.45, 7) is 10.0. The monoisotopic (exact) mass is 403 g/mol. The van der Waals surface area contributed by atoms with Crippen LogP contribution in [0.3, 0.4) is 0 Å². The second kappa shape index (κ2) is 6.79. The van der Waals surface area contributed by atoms with Gasteiger partial charge in [-0.1, -0.05) is 47.5 Å². The van der Waals surface area contributed by atoms with Crippen molar-refractivity contribution in [3.63, 3.8) is 0 Å². The van der Waals surface area contributed by atoms with E-state index in [0.29, 0.717) is 10.0 Å². The molecule has 1 saturated heterocycles. The van der Waals surface area contributed by atoms with Crippen molar-refractivity contribution in [1.29, 1.82) is 0 Å². The van der Waals surface area contributed by atoms with E-state index in [1.165, 1.54) is 16.7 Å². The molecule has 0 aliphatic carbocycles. The average Bonchev–Trinajstić information content (AvgIpc) is 2.84. The second-order valence-electron chi connectivity index (χ2n) is 8.40. The van der Waals surface area contributed by atoms with Gasteiger partial charge in [0.1, 0.15) is 0 Å². The van der Waals surface area contributed by atoms with Gasteiger partial charge in [-0.3, -0.25) is 0 Å². The van der Waals surface area contributed by atoms with E-state index < -0.39 is 0 Å². The second-order valence-corrected chi connectivity index (χ2v) is 9.22. The van der Waals surface area contributed by atoms with Gasteiger partial charge < -0.3 is 14.6 Å². The van der Waals surface area contributed by atoms with Crippen molar-refractivity contribution in [1.82, 2.24) is 5.32 Å². The zero-order valence-corrected chi connectivity index (χ0v) is 17.6. The van der Waals surface area contributed by atoms with Crippen molar-refractivity contribution in [2.75, 3.05) is 6.54 Å².